The molecule has 0 aliphatic carbocycles. The molecule has 1 aliphatic heterocycles. The zero-order valence-corrected chi connectivity index (χ0v) is 43.2. The standard InChI is InChI=1S/C50H83N7O8S/c1-15-33(4)42(56(12)46(61)41(32(2)3)54-47(62)50(10,11)55-39(58)23-24-49(8,9)65-28-25-48(6,7)51)38(63-13)31-40(59)57-27-19-22-37(57)43(64-14)34(5)44(60)53-36(45-52-26-29-66-45)30-35-20-17-16-18-21-35/h16-18,20-21,26,29,32-34,36-38,41-43H,15,19,22-25,27-28,30-31,51H2,1-14H3,(H,53,60)(H,54,62)(H,55,58)/t33-,34+,36-,37-,38+,41-,42-,43+/m0/s1. The molecule has 1 saturated heterocycles. The number of rotatable bonds is 27. The van der Waals surface area contributed by atoms with Gasteiger partial charge >= 0.3 is 0 Å². The average Bonchev–Trinajstić information content (AvgIpc) is 3.97. The molecule has 1 aromatic heterocycles. The molecule has 3 rings (SSSR count). The third kappa shape index (κ3) is 16.7. The number of nitrogens with one attached hydrogen (secondary N) is 3. The fourth-order valence-corrected chi connectivity index (χ4v) is 9.35. The third-order valence-corrected chi connectivity index (χ3v) is 13.9. The van der Waals surface area contributed by atoms with Gasteiger partial charge in [0.1, 0.15) is 16.6 Å². The van der Waals surface area contributed by atoms with E-state index in [1.807, 2.05) is 103 Å². The maximum Gasteiger partial charge on any atom is 0.245 e. The fourth-order valence-electron chi connectivity index (χ4n) is 8.67. The van der Waals surface area contributed by atoms with Crippen molar-refractivity contribution in [1.29, 1.82) is 0 Å². The Labute approximate surface area is 399 Å². The minimum Gasteiger partial charge on any atom is -0.379 e. The lowest BCUT2D eigenvalue weighted by atomic mass is 9.89. The Morgan fingerprint density at radius 2 is 1.64 bits per heavy atom. The van der Waals surface area contributed by atoms with E-state index in [4.69, 9.17) is 19.9 Å². The Morgan fingerprint density at radius 1 is 0.970 bits per heavy atom. The monoisotopic (exact) mass is 942 g/mol. The highest BCUT2D eigenvalue weighted by molar-refractivity contribution is 7.09. The molecule has 372 valence electrons. The molecule has 0 unspecified atom stereocenters. The van der Waals surface area contributed by atoms with Crippen molar-refractivity contribution in [3.8, 4) is 0 Å². The first-order chi connectivity index (χ1) is 30.9. The van der Waals surface area contributed by atoms with Gasteiger partial charge in [-0.1, -0.05) is 71.4 Å². The lowest BCUT2D eigenvalue weighted by Crippen LogP contribution is -2.62. The Balaban J connectivity index is 1.72. The summed E-state index contributed by atoms with van der Waals surface area (Å²) in [6.45, 7) is 21.5. The lowest BCUT2D eigenvalue weighted by Gasteiger charge is -2.41. The van der Waals surface area contributed by atoms with Crippen LogP contribution in [-0.2, 0) is 44.6 Å². The second-order valence-electron chi connectivity index (χ2n) is 20.4. The molecule has 15 nitrogen and oxygen atoms in total. The minimum atomic E-state index is -1.33. The Bertz CT molecular complexity index is 1840. The van der Waals surface area contributed by atoms with E-state index in [2.05, 4.69) is 20.9 Å². The smallest absolute Gasteiger partial charge is 0.245 e. The minimum absolute atomic E-state index is 0.00947. The normalized spacial score (nSPS) is 17.9. The predicted octanol–water partition coefficient (Wildman–Crippen LogP) is 6.20. The highest BCUT2D eigenvalue weighted by atomic mass is 32.1. The number of methoxy groups -OCH3 is 2. The third-order valence-electron chi connectivity index (χ3n) is 13.0. The van der Waals surface area contributed by atoms with Crippen LogP contribution in [0.15, 0.2) is 41.9 Å². The van der Waals surface area contributed by atoms with Crippen molar-refractivity contribution in [2.45, 2.75) is 181 Å². The van der Waals surface area contributed by atoms with Crippen molar-refractivity contribution in [3.63, 3.8) is 0 Å². The lowest BCUT2D eigenvalue weighted by molar-refractivity contribution is -0.148. The molecule has 2 heterocycles. The number of likely N-dealkylation sites (tertiary alicyclic amines) is 1. The molecule has 1 fully saturated rings. The van der Waals surface area contributed by atoms with Gasteiger partial charge in [-0.3, -0.25) is 24.0 Å². The van der Waals surface area contributed by atoms with Crippen LogP contribution in [0.25, 0.3) is 0 Å². The van der Waals surface area contributed by atoms with Crippen LogP contribution in [0.2, 0.25) is 0 Å². The Hall–Kier alpha value is -3.96. The van der Waals surface area contributed by atoms with Crippen LogP contribution in [-0.4, -0.2) is 126 Å². The van der Waals surface area contributed by atoms with Crippen LogP contribution in [0.3, 0.4) is 0 Å². The predicted molar refractivity (Wildman–Crippen MR) is 260 cm³/mol. The molecule has 0 radical (unpaired) electrons. The number of aromatic nitrogens is 1. The number of hydrogen-bond acceptors (Lipinski definition) is 11. The van der Waals surface area contributed by atoms with Gasteiger partial charge in [-0.25, -0.2) is 4.98 Å². The number of carbonyl (C=O) groups excluding carboxylic acids is 5. The number of benzene rings is 1. The summed E-state index contributed by atoms with van der Waals surface area (Å²) in [5.41, 5.74) is 4.91. The summed E-state index contributed by atoms with van der Waals surface area (Å²) in [6, 6.07) is 7.83. The summed E-state index contributed by atoms with van der Waals surface area (Å²) < 4.78 is 18.1. The van der Waals surface area contributed by atoms with E-state index in [0.717, 1.165) is 17.0 Å². The number of likely N-dealkylation sites (N-methyl/N-ethyl adjacent to an activating group) is 1. The molecule has 0 saturated carbocycles. The molecular weight excluding hydrogens is 859 g/mol. The number of nitrogens with two attached hydrogens (primary N) is 1. The highest BCUT2D eigenvalue weighted by Crippen LogP contribution is 2.31. The largest absolute Gasteiger partial charge is 0.379 e. The van der Waals surface area contributed by atoms with Gasteiger partial charge in [-0.2, -0.15) is 0 Å². The van der Waals surface area contributed by atoms with Gasteiger partial charge in [0.2, 0.25) is 29.5 Å². The zero-order valence-electron chi connectivity index (χ0n) is 42.4. The van der Waals surface area contributed by atoms with Gasteiger partial charge in [0, 0.05) is 58.0 Å². The number of nitrogens with zero attached hydrogens (tertiary/aromatic N) is 3. The number of carbonyl (C=O) groups is 5. The molecule has 8 atom stereocenters. The van der Waals surface area contributed by atoms with Crippen LogP contribution in [0, 0.1) is 17.8 Å². The molecule has 0 bridgehead atoms. The number of hydrogen-bond donors (Lipinski definition) is 4. The second kappa shape index (κ2) is 25.4. The van der Waals surface area contributed by atoms with E-state index < -0.39 is 47.3 Å². The van der Waals surface area contributed by atoms with Crippen molar-refractivity contribution < 1.29 is 38.2 Å². The van der Waals surface area contributed by atoms with Crippen LogP contribution in [0.1, 0.15) is 138 Å². The van der Waals surface area contributed by atoms with Crippen LogP contribution in [0.5, 0.6) is 0 Å². The molecule has 5 amide bonds. The number of thiazole rings is 1. The molecule has 16 heteroatoms. The Morgan fingerprint density at radius 3 is 2.20 bits per heavy atom. The van der Waals surface area contributed by atoms with Crippen LogP contribution in [0.4, 0.5) is 0 Å². The molecule has 5 N–H and O–H groups in total. The topological polar surface area (TPSA) is 195 Å². The first kappa shape index (κ1) is 56.4. The van der Waals surface area contributed by atoms with E-state index in [9.17, 15) is 24.0 Å². The highest BCUT2D eigenvalue weighted by Gasteiger charge is 2.44. The second-order valence-corrected chi connectivity index (χ2v) is 21.4. The number of amides is 5. The average molecular weight is 942 g/mol. The summed E-state index contributed by atoms with van der Waals surface area (Å²) >= 11 is 1.49. The Kier molecular flexibility index (Phi) is 21.7. The summed E-state index contributed by atoms with van der Waals surface area (Å²) in [6.07, 6.45) is 4.40. The van der Waals surface area contributed by atoms with Gasteiger partial charge in [0.05, 0.1) is 48.3 Å². The quantitative estimate of drug-likeness (QED) is 0.0801. The zero-order chi connectivity index (χ0) is 49.6. The summed E-state index contributed by atoms with van der Waals surface area (Å²) in [5.74, 6) is -2.46. The van der Waals surface area contributed by atoms with Gasteiger partial charge < -0.3 is 45.7 Å². The summed E-state index contributed by atoms with van der Waals surface area (Å²) in [4.78, 5) is 77.9. The SMILES string of the molecule is CC[C@H](C)[C@@H]([C@@H](CC(=O)N1CCC[C@H]1[C@H](OC)[C@@H](C)C(=O)N[C@@H](Cc1ccccc1)c1nccs1)OC)N(C)C(=O)[C@@H](NC(=O)C(C)(C)NC(=O)CCC(C)(C)OCCC(C)(C)N)C(C)C. The van der Waals surface area contributed by atoms with E-state index in [-0.39, 0.29) is 65.9 Å². The van der Waals surface area contributed by atoms with E-state index in [1.165, 1.54) is 11.3 Å². The van der Waals surface area contributed by atoms with Crippen LogP contribution >= 0.6 is 11.3 Å². The van der Waals surface area contributed by atoms with Gasteiger partial charge in [-0.15, -0.1) is 11.3 Å². The van der Waals surface area contributed by atoms with Gasteiger partial charge in [0.15, 0.2) is 0 Å². The van der Waals surface area contributed by atoms with Crippen LogP contribution < -0.4 is 21.7 Å². The van der Waals surface area contributed by atoms with E-state index in [0.29, 0.717) is 45.3 Å². The van der Waals surface area contributed by atoms with E-state index >= 15 is 0 Å². The maximum absolute atomic E-state index is 14.5. The van der Waals surface area contributed by atoms with Gasteiger partial charge in [0.25, 0.3) is 0 Å². The molecule has 1 aliphatic rings. The van der Waals surface area contributed by atoms with E-state index in [1.54, 1.807) is 46.2 Å². The van der Waals surface area contributed by atoms with Crippen molar-refractivity contribution in [2.75, 3.05) is 34.4 Å². The summed E-state index contributed by atoms with van der Waals surface area (Å²) in [5, 5.41) is 11.7. The van der Waals surface area contributed by atoms with Crippen molar-refractivity contribution >= 4 is 40.9 Å². The molecule has 2 aromatic rings. The first-order valence-corrected chi connectivity index (χ1v) is 24.6. The number of ether oxygens (including phenoxy) is 3. The molecule has 66 heavy (non-hydrogen) atoms. The molecule has 1 aromatic carbocycles. The van der Waals surface area contributed by atoms with Crippen molar-refractivity contribution in [3.05, 3.63) is 52.5 Å². The van der Waals surface area contributed by atoms with Crippen molar-refractivity contribution in [2.24, 2.45) is 23.5 Å². The first-order valence-electron chi connectivity index (χ1n) is 23.8. The van der Waals surface area contributed by atoms with Gasteiger partial charge in [-0.05, 0) is 91.0 Å². The maximum atomic E-state index is 14.5. The molecular formula is C50H83N7O8S. The summed E-state index contributed by atoms with van der Waals surface area (Å²) in [7, 11) is 4.82. The molecule has 0 spiro atoms. The fraction of sp³-hybridized carbons (Fsp3) is 0.720. The van der Waals surface area contributed by atoms with Crippen molar-refractivity contribution in [1.82, 2.24) is 30.7 Å².